The van der Waals surface area contributed by atoms with Gasteiger partial charge in [0.05, 0.1) is 34.3 Å². The van der Waals surface area contributed by atoms with Gasteiger partial charge in [0.2, 0.25) is 5.91 Å². The lowest BCUT2D eigenvalue weighted by atomic mass is 10.1. The molecule has 2 aliphatic rings. The average Bonchev–Trinajstić information content (AvgIpc) is 3.38. The highest BCUT2D eigenvalue weighted by Crippen LogP contribution is 2.35. The summed E-state index contributed by atoms with van der Waals surface area (Å²) in [5, 5.41) is 6.93. The molecule has 2 atom stereocenters. The summed E-state index contributed by atoms with van der Waals surface area (Å²) in [4.78, 5) is 16.7. The molecule has 1 unspecified atom stereocenters. The molecule has 0 aliphatic carbocycles. The monoisotopic (exact) mass is 414 g/mol. The van der Waals surface area contributed by atoms with Gasteiger partial charge in [0.15, 0.2) is 9.84 Å². The maximum atomic E-state index is 12.3. The van der Waals surface area contributed by atoms with Gasteiger partial charge in [0, 0.05) is 18.0 Å². The summed E-state index contributed by atoms with van der Waals surface area (Å²) in [6.07, 6.45) is 4.16. The average molecular weight is 414 g/mol. The van der Waals surface area contributed by atoms with Crippen LogP contribution in [-0.4, -0.2) is 40.5 Å². The van der Waals surface area contributed by atoms with Crippen LogP contribution in [0.4, 0.5) is 0 Å². The Morgan fingerprint density at radius 1 is 1.28 bits per heavy atom. The number of fused-ring (bicyclic) bond motifs is 1. The Balaban J connectivity index is 1.66. The van der Waals surface area contributed by atoms with Gasteiger partial charge in [-0.25, -0.2) is 13.4 Å². The quantitative estimate of drug-likeness (QED) is 0.706. The Hall–Kier alpha value is -2.68. The molecule has 9 heteroatoms. The van der Waals surface area contributed by atoms with Crippen LogP contribution in [0.1, 0.15) is 49.3 Å². The highest BCUT2D eigenvalue weighted by atomic mass is 32.2. The number of sulfone groups is 1. The van der Waals surface area contributed by atoms with E-state index < -0.39 is 9.84 Å². The molecule has 29 heavy (non-hydrogen) atoms. The lowest BCUT2D eigenvalue weighted by Gasteiger charge is -2.27. The van der Waals surface area contributed by atoms with Crippen molar-refractivity contribution in [3.63, 3.8) is 0 Å². The zero-order chi connectivity index (χ0) is 20.2. The number of hydrogen-bond acceptors (Lipinski definition) is 6. The Labute approximate surface area is 168 Å². The normalized spacial score (nSPS) is 24.1. The van der Waals surface area contributed by atoms with Gasteiger partial charge in [0.1, 0.15) is 12.1 Å². The SMILES string of the molecule is Cc1nocc1-c1ccc2c(c1)nc([C@@H]1CCC(=O)N1)n2C1CCCS(=O)(=O)C1. The van der Waals surface area contributed by atoms with E-state index in [2.05, 4.69) is 10.5 Å². The van der Waals surface area contributed by atoms with E-state index in [0.717, 1.165) is 40.1 Å². The number of nitrogens with one attached hydrogen (secondary N) is 1. The molecule has 1 aromatic carbocycles. The summed E-state index contributed by atoms with van der Waals surface area (Å²) in [5.74, 6) is 1.10. The third kappa shape index (κ3) is 3.23. The van der Waals surface area contributed by atoms with Crippen LogP contribution >= 0.6 is 0 Å². The fraction of sp³-hybridized carbons (Fsp3) is 0.450. The van der Waals surface area contributed by atoms with Crippen molar-refractivity contribution >= 4 is 26.8 Å². The van der Waals surface area contributed by atoms with Crippen molar-refractivity contribution in [3.8, 4) is 11.1 Å². The molecule has 4 heterocycles. The van der Waals surface area contributed by atoms with Gasteiger partial charge in [-0.15, -0.1) is 0 Å². The van der Waals surface area contributed by atoms with Crippen LogP contribution in [0.5, 0.6) is 0 Å². The van der Waals surface area contributed by atoms with Crippen LogP contribution in [0.2, 0.25) is 0 Å². The molecular formula is C20H22N4O4S. The minimum atomic E-state index is -3.08. The smallest absolute Gasteiger partial charge is 0.220 e. The van der Waals surface area contributed by atoms with Gasteiger partial charge in [-0.1, -0.05) is 11.2 Å². The van der Waals surface area contributed by atoms with Gasteiger partial charge in [-0.2, -0.15) is 0 Å². The maximum Gasteiger partial charge on any atom is 0.220 e. The molecule has 8 nitrogen and oxygen atoms in total. The standard InChI is InChI=1S/C20H22N4O4S/c1-12-15(10-28-23-12)13-4-6-18-17(9-13)22-20(16-5-7-19(25)21-16)24(18)14-3-2-8-29(26,27)11-14/h4,6,9-10,14,16H,2-3,5,7-8,11H2,1H3,(H,21,25)/t14?,16-/m0/s1. The van der Waals surface area contributed by atoms with E-state index in [4.69, 9.17) is 9.51 Å². The van der Waals surface area contributed by atoms with Gasteiger partial charge >= 0.3 is 0 Å². The molecule has 0 bridgehead atoms. The predicted molar refractivity (Wildman–Crippen MR) is 107 cm³/mol. The zero-order valence-corrected chi connectivity index (χ0v) is 16.9. The van der Waals surface area contributed by atoms with Crippen molar-refractivity contribution in [3.05, 3.63) is 36.0 Å². The van der Waals surface area contributed by atoms with E-state index in [9.17, 15) is 13.2 Å². The van der Waals surface area contributed by atoms with Gasteiger partial charge in [0.25, 0.3) is 0 Å². The summed E-state index contributed by atoms with van der Waals surface area (Å²) < 4.78 is 31.7. The highest BCUT2D eigenvalue weighted by molar-refractivity contribution is 7.91. The van der Waals surface area contributed by atoms with Crippen LogP contribution < -0.4 is 5.32 Å². The number of aromatic nitrogens is 3. The van der Waals surface area contributed by atoms with Crippen LogP contribution in [0.3, 0.4) is 0 Å². The lowest BCUT2D eigenvalue weighted by Crippen LogP contribution is -2.30. The fourth-order valence-corrected chi connectivity index (χ4v) is 6.17. The summed E-state index contributed by atoms with van der Waals surface area (Å²) in [7, 11) is -3.08. The number of hydrogen-bond donors (Lipinski definition) is 1. The summed E-state index contributed by atoms with van der Waals surface area (Å²) in [6, 6.07) is 5.57. The summed E-state index contributed by atoms with van der Waals surface area (Å²) in [5.41, 5.74) is 4.31. The molecule has 5 rings (SSSR count). The Morgan fingerprint density at radius 2 is 2.14 bits per heavy atom. The minimum absolute atomic E-state index is 0.00524. The molecule has 2 aromatic heterocycles. The van der Waals surface area contributed by atoms with E-state index in [-0.39, 0.29) is 29.5 Å². The molecule has 2 fully saturated rings. The first-order valence-corrected chi connectivity index (χ1v) is 11.7. The largest absolute Gasteiger partial charge is 0.364 e. The third-order valence-corrected chi connectivity index (χ3v) is 7.69. The van der Waals surface area contributed by atoms with Gasteiger partial charge in [-0.3, -0.25) is 4.79 Å². The van der Waals surface area contributed by atoms with E-state index in [1.165, 1.54) is 0 Å². The van der Waals surface area contributed by atoms with Crippen molar-refractivity contribution in [2.24, 2.45) is 0 Å². The number of amides is 1. The number of nitrogens with zero attached hydrogens (tertiary/aromatic N) is 3. The maximum absolute atomic E-state index is 12.3. The van der Waals surface area contributed by atoms with Crippen LogP contribution in [0, 0.1) is 6.92 Å². The van der Waals surface area contributed by atoms with Gasteiger partial charge < -0.3 is 14.4 Å². The molecule has 0 spiro atoms. The number of carbonyl (C=O) groups is 1. The second-order valence-electron chi connectivity index (χ2n) is 7.93. The van der Waals surface area contributed by atoms with Crippen molar-refractivity contribution < 1.29 is 17.7 Å². The molecule has 0 radical (unpaired) electrons. The third-order valence-electron chi connectivity index (χ3n) is 5.89. The molecule has 1 N–H and O–H groups in total. The summed E-state index contributed by atoms with van der Waals surface area (Å²) in [6.45, 7) is 1.88. The first-order chi connectivity index (χ1) is 13.9. The van der Waals surface area contributed by atoms with Crippen LogP contribution in [0.15, 0.2) is 29.0 Å². The van der Waals surface area contributed by atoms with E-state index in [0.29, 0.717) is 19.3 Å². The van der Waals surface area contributed by atoms with Crippen LogP contribution in [-0.2, 0) is 14.6 Å². The van der Waals surface area contributed by atoms with E-state index in [1.54, 1.807) is 6.26 Å². The van der Waals surface area contributed by atoms with E-state index in [1.807, 2.05) is 29.7 Å². The van der Waals surface area contributed by atoms with Crippen molar-refractivity contribution in [1.29, 1.82) is 0 Å². The van der Waals surface area contributed by atoms with Crippen molar-refractivity contribution in [2.45, 2.75) is 44.7 Å². The second kappa shape index (κ2) is 6.69. The second-order valence-corrected chi connectivity index (χ2v) is 10.2. The topological polar surface area (TPSA) is 107 Å². The van der Waals surface area contributed by atoms with Crippen molar-refractivity contribution in [2.75, 3.05) is 11.5 Å². The Kier molecular flexibility index (Phi) is 4.23. The fourth-order valence-electron chi connectivity index (χ4n) is 4.49. The number of aryl methyl sites for hydroxylation is 1. The molecule has 2 saturated heterocycles. The van der Waals surface area contributed by atoms with E-state index >= 15 is 0 Å². The molecule has 3 aromatic rings. The number of benzene rings is 1. The first-order valence-electron chi connectivity index (χ1n) is 9.84. The molecule has 0 saturated carbocycles. The molecular weight excluding hydrogens is 392 g/mol. The molecule has 1 amide bonds. The molecule has 152 valence electrons. The predicted octanol–water partition coefficient (Wildman–Crippen LogP) is 2.70. The minimum Gasteiger partial charge on any atom is -0.364 e. The Morgan fingerprint density at radius 3 is 2.83 bits per heavy atom. The number of imidazole rings is 1. The number of carbonyl (C=O) groups excluding carboxylic acids is 1. The van der Waals surface area contributed by atoms with Gasteiger partial charge in [-0.05, 0) is 43.9 Å². The first kappa shape index (κ1) is 18.4. The zero-order valence-electron chi connectivity index (χ0n) is 16.1. The lowest BCUT2D eigenvalue weighted by molar-refractivity contribution is -0.119. The number of rotatable bonds is 3. The Bertz CT molecular complexity index is 1210. The summed E-state index contributed by atoms with van der Waals surface area (Å²) >= 11 is 0. The highest BCUT2D eigenvalue weighted by Gasteiger charge is 2.33. The van der Waals surface area contributed by atoms with Crippen molar-refractivity contribution in [1.82, 2.24) is 20.0 Å². The molecule has 2 aliphatic heterocycles. The van der Waals surface area contributed by atoms with Crippen LogP contribution in [0.25, 0.3) is 22.2 Å².